The van der Waals surface area contributed by atoms with E-state index >= 15 is 0 Å². The molecular formula is C35H25N5. The summed E-state index contributed by atoms with van der Waals surface area (Å²) in [4.78, 5) is 9.29. The number of nitrogens with one attached hydrogen (secondary N) is 1. The van der Waals surface area contributed by atoms with Gasteiger partial charge >= 0.3 is 0 Å². The third-order valence-electron chi connectivity index (χ3n) is 7.27. The monoisotopic (exact) mass is 515 g/mol. The summed E-state index contributed by atoms with van der Waals surface area (Å²) >= 11 is 0. The minimum Gasteiger partial charge on any atom is -0.383 e. The van der Waals surface area contributed by atoms with E-state index in [0.717, 1.165) is 38.9 Å². The Bertz CT molecular complexity index is 2070. The highest BCUT2D eigenvalue weighted by molar-refractivity contribution is 6.21. The Balaban J connectivity index is 1.44. The SMILES string of the molecule is N=C(N=C(N)c1ccccc1)c1cccc(-n2c3cc(-c4ccccc4)ccc3c3c4ccccc4ccc32)n1. The summed E-state index contributed by atoms with van der Waals surface area (Å²) in [7, 11) is 0. The van der Waals surface area contributed by atoms with Crippen molar-refractivity contribution in [1.29, 1.82) is 5.41 Å². The van der Waals surface area contributed by atoms with Crippen LogP contribution in [0.25, 0.3) is 49.5 Å². The fourth-order valence-electron chi connectivity index (χ4n) is 5.38. The van der Waals surface area contributed by atoms with Crippen LogP contribution < -0.4 is 5.73 Å². The van der Waals surface area contributed by atoms with Gasteiger partial charge < -0.3 is 5.73 Å². The number of hydrogen-bond acceptors (Lipinski definition) is 2. The molecule has 0 saturated heterocycles. The molecule has 3 N–H and O–H groups in total. The Kier molecular flexibility index (Phi) is 5.68. The molecule has 0 saturated carbocycles. The van der Waals surface area contributed by atoms with Gasteiger partial charge in [-0.2, -0.15) is 0 Å². The number of fused-ring (bicyclic) bond motifs is 5. The zero-order chi connectivity index (χ0) is 27.1. The first-order valence-corrected chi connectivity index (χ1v) is 13.1. The van der Waals surface area contributed by atoms with Crippen LogP contribution in [0.3, 0.4) is 0 Å². The molecule has 0 atom stereocenters. The van der Waals surface area contributed by atoms with Gasteiger partial charge in [0.1, 0.15) is 17.3 Å². The number of nitrogens with two attached hydrogens (primary N) is 1. The molecule has 2 heterocycles. The largest absolute Gasteiger partial charge is 0.383 e. The number of amidine groups is 2. The Labute approximate surface area is 231 Å². The van der Waals surface area contributed by atoms with Crippen LogP contribution >= 0.6 is 0 Å². The minimum absolute atomic E-state index is 0.0133. The molecule has 2 aromatic heterocycles. The lowest BCUT2D eigenvalue weighted by atomic mass is 10.0. The van der Waals surface area contributed by atoms with Crippen molar-refractivity contribution in [2.45, 2.75) is 0 Å². The highest BCUT2D eigenvalue weighted by atomic mass is 15.1. The molecule has 0 unspecified atom stereocenters. The molecule has 40 heavy (non-hydrogen) atoms. The maximum Gasteiger partial charge on any atom is 0.172 e. The Morgan fingerprint density at radius 3 is 2.23 bits per heavy atom. The lowest BCUT2D eigenvalue weighted by Gasteiger charge is -2.10. The van der Waals surface area contributed by atoms with Gasteiger partial charge in [-0.25, -0.2) is 9.98 Å². The topological polar surface area (TPSA) is 80.0 Å². The molecule has 0 fully saturated rings. The van der Waals surface area contributed by atoms with Crippen LogP contribution in [-0.2, 0) is 0 Å². The van der Waals surface area contributed by atoms with Crippen LogP contribution in [0, 0.1) is 5.41 Å². The molecule has 0 aliphatic rings. The smallest absolute Gasteiger partial charge is 0.172 e. The van der Waals surface area contributed by atoms with Gasteiger partial charge in [0.15, 0.2) is 5.84 Å². The second-order valence-corrected chi connectivity index (χ2v) is 9.71. The molecule has 190 valence electrons. The second-order valence-electron chi connectivity index (χ2n) is 9.71. The average molecular weight is 516 g/mol. The number of aliphatic imine (C=N–C) groups is 1. The van der Waals surface area contributed by atoms with Crippen molar-refractivity contribution in [2.24, 2.45) is 10.7 Å². The van der Waals surface area contributed by atoms with Crippen molar-refractivity contribution in [3.8, 4) is 16.9 Å². The maximum atomic E-state index is 8.67. The van der Waals surface area contributed by atoms with Crippen LogP contribution in [0.15, 0.2) is 138 Å². The first-order chi connectivity index (χ1) is 19.7. The predicted octanol–water partition coefficient (Wildman–Crippen LogP) is 7.73. The predicted molar refractivity (Wildman–Crippen MR) is 166 cm³/mol. The van der Waals surface area contributed by atoms with E-state index in [2.05, 4.69) is 88.4 Å². The normalized spacial score (nSPS) is 11.8. The van der Waals surface area contributed by atoms with E-state index in [1.165, 1.54) is 16.2 Å². The number of nitrogens with zero attached hydrogens (tertiary/aromatic N) is 3. The molecular weight excluding hydrogens is 490 g/mol. The molecule has 0 bridgehead atoms. The van der Waals surface area contributed by atoms with Gasteiger partial charge in [-0.05, 0) is 46.2 Å². The van der Waals surface area contributed by atoms with E-state index in [0.29, 0.717) is 5.69 Å². The molecule has 0 aliphatic carbocycles. The van der Waals surface area contributed by atoms with Crippen molar-refractivity contribution in [3.63, 3.8) is 0 Å². The number of rotatable bonds is 4. The molecule has 0 aliphatic heterocycles. The van der Waals surface area contributed by atoms with Crippen LogP contribution in [0.4, 0.5) is 0 Å². The minimum atomic E-state index is 0.0133. The quantitative estimate of drug-likeness (QED) is 0.186. The molecule has 5 nitrogen and oxygen atoms in total. The summed E-state index contributed by atoms with van der Waals surface area (Å²) in [5.41, 5.74) is 11.8. The third kappa shape index (κ3) is 4.01. The van der Waals surface area contributed by atoms with Gasteiger partial charge in [-0.1, -0.05) is 109 Å². The van der Waals surface area contributed by atoms with E-state index in [1.807, 2.05) is 48.5 Å². The van der Waals surface area contributed by atoms with E-state index in [9.17, 15) is 0 Å². The van der Waals surface area contributed by atoms with E-state index < -0.39 is 0 Å². The zero-order valence-corrected chi connectivity index (χ0v) is 21.6. The fourth-order valence-corrected chi connectivity index (χ4v) is 5.38. The van der Waals surface area contributed by atoms with Gasteiger partial charge in [-0.3, -0.25) is 9.98 Å². The Hall–Kier alpha value is -5.55. The van der Waals surface area contributed by atoms with Gasteiger partial charge in [0, 0.05) is 16.3 Å². The summed E-state index contributed by atoms with van der Waals surface area (Å²) in [5.74, 6) is 1.02. The van der Waals surface area contributed by atoms with Crippen molar-refractivity contribution in [1.82, 2.24) is 9.55 Å². The molecule has 0 radical (unpaired) electrons. The summed E-state index contributed by atoms with van der Waals surface area (Å²) in [6, 6.07) is 45.0. The van der Waals surface area contributed by atoms with Gasteiger partial charge in [0.05, 0.1) is 11.0 Å². The molecule has 0 amide bonds. The number of benzene rings is 5. The first-order valence-electron chi connectivity index (χ1n) is 13.1. The Morgan fingerprint density at radius 1 is 0.650 bits per heavy atom. The van der Waals surface area contributed by atoms with E-state index in [1.54, 1.807) is 6.07 Å². The van der Waals surface area contributed by atoms with Crippen molar-refractivity contribution in [2.75, 3.05) is 0 Å². The molecule has 5 aromatic carbocycles. The molecule has 7 rings (SSSR count). The lowest BCUT2D eigenvalue weighted by Crippen LogP contribution is -2.16. The second kappa shape index (κ2) is 9.64. The lowest BCUT2D eigenvalue weighted by molar-refractivity contribution is 1.07. The van der Waals surface area contributed by atoms with E-state index in [4.69, 9.17) is 16.1 Å². The molecule has 7 aromatic rings. The van der Waals surface area contributed by atoms with Crippen LogP contribution in [0.2, 0.25) is 0 Å². The van der Waals surface area contributed by atoms with Gasteiger partial charge in [-0.15, -0.1) is 0 Å². The zero-order valence-electron chi connectivity index (χ0n) is 21.6. The number of aromatic nitrogens is 2. The van der Waals surface area contributed by atoms with Crippen molar-refractivity contribution >= 4 is 44.2 Å². The van der Waals surface area contributed by atoms with Crippen LogP contribution in [0.5, 0.6) is 0 Å². The van der Waals surface area contributed by atoms with Gasteiger partial charge in [0.25, 0.3) is 0 Å². The molecule has 5 heteroatoms. The van der Waals surface area contributed by atoms with Crippen molar-refractivity contribution < 1.29 is 0 Å². The number of hydrogen-bond donors (Lipinski definition) is 2. The highest BCUT2D eigenvalue weighted by Gasteiger charge is 2.17. The number of pyridine rings is 1. The third-order valence-corrected chi connectivity index (χ3v) is 7.27. The van der Waals surface area contributed by atoms with E-state index in [-0.39, 0.29) is 11.7 Å². The standard InChI is InChI=1S/C35H25N5/c36-34(25-13-5-2-6-14-25)39-35(37)29-16-9-17-32(38-29)40-30-21-19-24-12-7-8-15-27(24)33(30)28-20-18-26(22-31(28)40)23-10-3-1-4-11-23/h1-22H,(H3,36,37,39). The fraction of sp³-hybridized carbons (Fsp3) is 0. The maximum absolute atomic E-state index is 8.67. The average Bonchev–Trinajstić information content (AvgIpc) is 3.36. The first kappa shape index (κ1) is 23.6. The summed E-state index contributed by atoms with van der Waals surface area (Å²) < 4.78 is 2.19. The Morgan fingerprint density at radius 2 is 1.40 bits per heavy atom. The van der Waals surface area contributed by atoms with Crippen LogP contribution in [0.1, 0.15) is 11.3 Å². The van der Waals surface area contributed by atoms with Gasteiger partial charge in [0.2, 0.25) is 0 Å². The summed E-state index contributed by atoms with van der Waals surface area (Å²) in [6.45, 7) is 0. The molecule has 0 spiro atoms. The summed E-state index contributed by atoms with van der Waals surface area (Å²) in [5, 5.41) is 13.4. The summed E-state index contributed by atoms with van der Waals surface area (Å²) in [6.07, 6.45) is 0. The van der Waals surface area contributed by atoms with Crippen molar-refractivity contribution in [3.05, 3.63) is 145 Å². The highest BCUT2D eigenvalue weighted by Crippen LogP contribution is 2.38. The van der Waals surface area contributed by atoms with Crippen LogP contribution in [-0.4, -0.2) is 21.2 Å².